The molecule has 1 fully saturated rings. The Morgan fingerprint density at radius 2 is 2.04 bits per heavy atom. The van der Waals surface area contributed by atoms with Crippen LogP contribution in [0, 0.1) is 18.6 Å². The topological polar surface area (TPSA) is 67.2 Å². The molecule has 0 bridgehead atoms. The summed E-state index contributed by atoms with van der Waals surface area (Å²) in [6, 6.07) is 4.43. The Hall–Kier alpha value is -2.28. The van der Waals surface area contributed by atoms with Gasteiger partial charge in [0.2, 0.25) is 0 Å². The van der Waals surface area contributed by atoms with Crippen molar-refractivity contribution in [3.8, 4) is 5.69 Å². The fraction of sp³-hybridized carbons (Fsp3) is 0.412. The fourth-order valence-electron chi connectivity index (χ4n) is 3.00. The molecule has 0 saturated heterocycles. The Bertz CT molecular complexity index is 760. The predicted molar refractivity (Wildman–Crippen MR) is 83.9 cm³/mol. The minimum Gasteiger partial charge on any atom is -0.391 e. The second-order valence-corrected chi connectivity index (χ2v) is 6.11. The standard InChI is InChI=1S/C17H19F2N3O2/c1-10-8-14(17(24)20-13-4-2-3-5-16(13)23)21-22(10)15-7-6-11(18)9-12(15)19/h6-9,13,16,23H,2-5H2,1H3,(H,20,24). The number of nitrogens with one attached hydrogen (secondary N) is 1. The van der Waals surface area contributed by atoms with E-state index in [0.717, 1.165) is 31.4 Å². The molecule has 24 heavy (non-hydrogen) atoms. The quantitative estimate of drug-likeness (QED) is 0.906. The Labute approximate surface area is 138 Å². The number of aliphatic hydroxyl groups is 1. The molecule has 128 valence electrons. The molecule has 2 unspecified atom stereocenters. The van der Waals surface area contributed by atoms with Crippen molar-refractivity contribution in [3.63, 3.8) is 0 Å². The highest BCUT2D eigenvalue weighted by Crippen LogP contribution is 2.20. The van der Waals surface area contributed by atoms with Gasteiger partial charge in [0.15, 0.2) is 11.5 Å². The van der Waals surface area contributed by atoms with E-state index >= 15 is 0 Å². The van der Waals surface area contributed by atoms with Crippen LogP contribution in [0.5, 0.6) is 0 Å². The number of aromatic nitrogens is 2. The van der Waals surface area contributed by atoms with Crippen molar-refractivity contribution < 1.29 is 18.7 Å². The first-order valence-electron chi connectivity index (χ1n) is 7.96. The molecule has 2 N–H and O–H groups in total. The number of aryl methyl sites for hydroxylation is 1. The van der Waals surface area contributed by atoms with E-state index in [1.54, 1.807) is 6.92 Å². The first-order valence-corrected chi connectivity index (χ1v) is 7.96. The van der Waals surface area contributed by atoms with Gasteiger partial charge in [0.05, 0.1) is 12.1 Å². The van der Waals surface area contributed by atoms with E-state index in [-0.39, 0.29) is 17.4 Å². The summed E-state index contributed by atoms with van der Waals surface area (Å²) >= 11 is 0. The largest absolute Gasteiger partial charge is 0.391 e. The molecule has 0 aliphatic heterocycles. The van der Waals surface area contributed by atoms with Crippen LogP contribution >= 0.6 is 0 Å². The van der Waals surface area contributed by atoms with Crippen LogP contribution in [0.25, 0.3) is 5.69 Å². The van der Waals surface area contributed by atoms with E-state index in [1.807, 2.05) is 0 Å². The van der Waals surface area contributed by atoms with Crippen molar-refractivity contribution in [2.45, 2.75) is 44.8 Å². The summed E-state index contributed by atoms with van der Waals surface area (Å²) in [5, 5.41) is 16.8. The minimum absolute atomic E-state index is 0.0747. The lowest BCUT2D eigenvalue weighted by atomic mass is 9.92. The molecule has 1 aliphatic rings. The zero-order chi connectivity index (χ0) is 17.3. The summed E-state index contributed by atoms with van der Waals surface area (Å²) in [5.41, 5.74) is 0.759. The molecule has 1 aromatic carbocycles. The van der Waals surface area contributed by atoms with Crippen LogP contribution < -0.4 is 5.32 Å². The van der Waals surface area contributed by atoms with Crippen LogP contribution in [-0.4, -0.2) is 32.9 Å². The van der Waals surface area contributed by atoms with Gasteiger partial charge in [0.25, 0.3) is 5.91 Å². The lowest BCUT2D eigenvalue weighted by Crippen LogP contribution is -2.45. The van der Waals surface area contributed by atoms with Gasteiger partial charge < -0.3 is 10.4 Å². The zero-order valence-electron chi connectivity index (χ0n) is 13.3. The number of hydrogen-bond donors (Lipinski definition) is 2. The molecule has 7 heteroatoms. The maximum atomic E-state index is 13.9. The van der Waals surface area contributed by atoms with Crippen LogP contribution in [0.15, 0.2) is 24.3 Å². The molecule has 1 aromatic heterocycles. The molecule has 1 saturated carbocycles. The van der Waals surface area contributed by atoms with Gasteiger partial charge in [-0.05, 0) is 38.0 Å². The summed E-state index contributed by atoms with van der Waals surface area (Å²) in [6.07, 6.45) is 2.74. The Morgan fingerprint density at radius 3 is 2.75 bits per heavy atom. The number of nitrogens with zero attached hydrogens (tertiary/aromatic N) is 2. The molecule has 0 radical (unpaired) electrons. The van der Waals surface area contributed by atoms with Crippen molar-refractivity contribution in [2.24, 2.45) is 0 Å². The molecule has 5 nitrogen and oxygen atoms in total. The Morgan fingerprint density at radius 1 is 1.29 bits per heavy atom. The maximum absolute atomic E-state index is 13.9. The summed E-state index contributed by atoms with van der Waals surface area (Å²) < 4.78 is 28.2. The summed E-state index contributed by atoms with van der Waals surface area (Å²) in [5.74, 6) is -1.84. The zero-order valence-corrected chi connectivity index (χ0v) is 13.3. The summed E-state index contributed by atoms with van der Waals surface area (Å²) in [4.78, 5) is 12.3. The third-order valence-corrected chi connectivity index (χ3v) is 4.30. The van der Waals surface area contributed by atoms with E-state index in [0.29, 0.717) is 12.1 Å². The van der Waals surface area contributed by atoms with Crippen LogP contribution in [0.4, 0.5) is 8.78 Å². The van der Waals surface area contributed by atoms with Gasteiger partial charge in [-0.25, -0.2) is 13.5 Å². The number of hydrogen-bond acceptors (Lipinski definition) is 3. The van der Waals surface area contributed by atoms with Crippen molar-refractivity contribution in [2.75, 3.05) is 0 Å². The van der Waals surface area contributed by atoms with Crippen LogP contribution in [0.1, 0.15) is 41.9 Å². The molecule has 2 atom stereocenters. The highest BCUT2D eigenvalue weighted by molar-refractivity contribution is 5.92. The van der Waals surface area contributed by atoms with Gasteiger partial charge in [0.1, 0.15) is 11.5 Å². The number of amides is 1. The van der Waals surface area contributed by atoms with Crippen LogP contribution in [-0.2, 0) is 0 Å². The minimum atomic E-state index is -0.754. The fourth-order valence-corrected chi connectivity index (χ4v) is 3.00. The molecular weight excluding hydrogens is 316 g/mol. The predicted octanol–water partition coefficient (Wildman–Crippen LogP) is 2.49. The monoisotopic (exact) mass is 335 g/mol. The van der Waals surface area contributed by atoms with Gasteiger partial charge in [-0.1, -0.05) is 12.8 Å². The second-order valence-electron chi connectivity index (χ2n) is 6.11. The van der Waals surface area contributed by atoms with Crippen molar-refractivity contribution >= 4 is 5.91 Å². The highest BCUT2D eigenvalue weighted by Gasteiger charge is 2.26. The van der Waals surface area contributed by atoms with Gasteiger partial charge >= 0.3 is 0 Å². The number of carbonyl (C=O) groups is 1. The van der Waals surface area contributed by atoms with Crippen LogP contribution in [0.2, 0.25) is 0 Å². The molecule has 1 aliphatic carbocycles. The first-order chi connectivity index (χ1) is 11.5. The molecular formula is C17H19F2N3O2. The number of aliphatic hydroxyl groups excluding tert-OH is 1. The van der Waals surface area contributed by atoms with Gasteiger partial charge in [-0.2, -0.15) is 5.10 Å². The molecule has 3 rings (SSSR count). The SMILES string of the molecule is Cc1cc(C(=O)NC2CCCCC2O)nn1-c1ccc(F)cc1F. The molecule has 2 aromatic rings. The van der Waals surface area contributed by atoms with Crippen molar-refractivity contribution in [1.29, 1.82) is 0 Å². The molecule has 1 amide bonds. The number of benzene rings is 1. The third kappa shape index (κ3) is 3.31. The lowest BCUT2D eigenvalue weighted by Gasteiger charge is -2.27. The normalized spacial score (nSPS) is 20.8. The molecule has 1 heterocycles. The van der Waals surface area contributed by atoms with E-state index < -0.39 is 23.6 Å². The van der Waals surface area contributed by atoms with E-state index in [4.69, 9.17) is 0 Å². The van der Waals surface area contributed by atoms with E-state index in [1.165, 1.54) is 16.8 Å². The van der Waals surface area contributed by atoms with Gasteiger partial charge in [0, 0.05) is 11.8 Å². The first kappa shape index (κ1) is 16.6. The smallest absolute Gasteiger partial charge is 0.272 e. The number of carbonyl (C=O) groups excluding carboxylic acids is 1. The van der Waals surface area contributed by atoms with Crippen LogP contribution in [0.3, 0.4) is 0 Å². The number of halogens is 2. The number of rotatable bonds is 3. The third-order valence-electron chi connectivity index (χ3n) is 4.30. The van der Waals surface area contributed by atoms with Crippen molar-refractivity contribution in [1.82, 2.24) is 15.1 Å². The van der Waals surface area contributed by atoms with E-state index in [9.17, 15) is 18.7 Å². The van der Waals surface area contributed by atoms with Gasteiger partial charge in [-0.3, -0.25) is 4.79 Å². The molecule has 0 spiro atoms. The maximum Gasteiger partial charge on any atom is 0.272 e. The van der Waals surface area contributed by atoms with E-state index in [2.05, 4.69) is 10.4 Å². The Balaban J connectivity index is 1.81. The second kappa shape index (κ2) is 6.68. The Kier molecular flexibility index (Phi) is 4.62. The average Bonchev–Trinajstić information content (AvgIpc) is 2.91. The average molecular weight is 335 g/mol. The lowest BCUT2D eigenvalue weighted by molar-refractivity contribution is 0.0713. The highest BCUT2D eigenvalue weighted by atomic mass is 19.1. The van der Waals surface area contributed by atoms with Crippen molar-refractivity contribution in [3.05, 3.63) is 47.3 Å². The summed E-state index contributed by atoms with van der Waals surface area (Å²) in [7, 11) is 0. The van der Waals surface area contributed by atoms with Gasteiger partial charge in [-0.15, -0.1) is 0 Å². The summed E-state index contributed by atoms with van der Waals surface area (Å²) in [6.45, 7) is 1.68.